The molecule has 1 aliphatic rings. The molecule has 0 saturated heterocycles. The maximum absolute atomic E-state index is 10.5. The fourth-order valence-corrected chi connectivity index (χ4v) is 3.35. The summed E-state index contributed by atoms with van der Waals surface area (Å²) in [6, 6.07) is 14.3. The minimum absolute atomic E-state index is 0.644. The topological polar surface area (TPSA) is 52.9 Å². The predicted octanol–water partition coefficient (Wildman–Crippen LogP) is 4.56. The molecule has 4 nitrogen and oxygen atoms in total. The molecule has 0 bridgehead atoms. The van der Waals surface area contributed by atoms with Crippen molar-refractivity contribution >= 4 is 18.2 Å². The number of fused-ring (bicyclic) bond motifs is 3. The molecular weight excluding hydrogens is 324 g/mol. The Morgan fingerprint density at radius 1 is 1.00 bits per heavy atom. The third-order valence-corrected chi connectivity index (χ3v) is 4.74. The molecule has 0 fully saturated rings. The van der Waals surface area contributed by atoms with Crippen LogP contribution in [0.25, 0.3) is 17.2 Å². The van der Waals surface area contributed by atoms with Gasteiger partial charge in [0.15, 0.2) is 0 Å². The smallest absolute Gasteiger partial charge is 0.209 e. The van der Waals surface area contributed by atoms with Gasteiger partial charge in [0.25, 0.3) is 0 Å². The van der Waals surface area contributed by atoms with Gasteiger partial charge in [-0.3, -0.25) is 4.79 Å². The van der Waals surface area contributed by atoms with Crippen LogP contribution < -0.4 is 0 Å². The lowest BCUT2D eigenvalue weighted by Crippen LogP contribution is -2.16. The van der Waals surface area contributed by atoms with E-state index in [1.807, 2.05) is 25.2 Å². The second kappa shape index (κ2) is 8.48. The fraction of sp³-hybridized carbons (Fsp3) is 0.273. The molecule has 0 spiro atoms. The number of amides is 1. The van der Waals surface area contributed by atoms with E-state index in [2.05, 4.69) is 41.6 Å². The van der Waals surface area contributed by atoms with Gasteiger partial charge >= 0.3 is 0 Å². The van der Waals surface area contributed by atoms with Crippen molar-refractivity contribution in [2.24, 2.45) is 5.16 Å². The molecule has 0 aliphatic heterocycles. The van der Waals surface area contributed by atoms with Crippen LogP contribution in [0.2, 0.25) is 0 Å². The van der Waals surface area contributed by atoms with Crippen LogP contribution in [0.1, 0.15) is 42.4 Å². The van der Waals surface area contributed by atoms with Crippen LogP contribution in [0, 0.1) is 0 Å². The Balaban J connectivity index is 1.60. The molecule has 1 amide bonds. The van der Waals surface area contributed by atoms with Crippen LogP contribution in [0.4, 0.5) is 0 Å². The van der Waals surface area contributed by atoms with Gasteiger partial charge in [0.1, 0.15) is 5.71 Å². The van der Waals surface area contributed by atoms with Gasteiger partial charge in [0.05, 0.1) is 0 Å². The minimum atomic E-state index is 0.644. The van der Waals surface area contributed by atoms with Crippen molar-refractivity contribution in [3.05, 3.63) is 65.2 Å². The first-order valence-electron chi connectivity index (χ1n) is 9.03. The third-order valence-electron chi connectivity index (χ3n) is 4.74. The van der Waals surface area contributed by atoms with Gasteiger partial charge in [0.2, 0.25) is 6.41 Å². The number of nitrogens with zero attached hydrogens (tertiary/aromatic N) is 2. The standard InChI is InChI=1S/C22H24N2O2/c1-24(16-25)14-8-4-2-3-5-9-17-12-13-19-18-10-6-7-11-20(18)22(23-26)21(19)15-17/h5-7,9-13,15-16,26H,2-4,8,14H2,1H3/b9-5+,23-22+. The Labute approximate surface area is 154 Å². The van der Waals surface area contributed by atoms with Crippen LogP contribution in [0.3, 0.4) is 0 Å². The summed E-state index contributed by atoms with van der Waals surface area (Å²) in [6.07, 6.45) is 9.46. The highest BCUT2D eigenvalue weighted by Crippen LogP contribution is 2.37. The normalized spacial score (nSPS) is 13.8. The molecule has 0 radical (unpaired) electrons. The lowest BCUT2D eigenvalue weighted by Gasteiger charge is -2.08. The van der Waals surface area contributed by atoms with E-state index < -0.39 is 0 Å². The first-order valence-corrected chi connectivity index (χ1v) is 9.03. The summed E-state index contributed by atoms with van der Waals surface area (Å²) in [6.45, 7) is 0.821. The SMILES string of the molecule is CN(C=O)CCCCC/C=C/c1ccc2c(c1)/C(=N/O)c1ccccc1-2. The van der Waals surface area contributed by atoms with Crippen LogP contribution in [0.5, 0.6) is 0 Å². The molecule has 0 atom stereocenters. The number of carbonyl (C=O) groups is 1. The minimum Gasteiger partial charge on any atom is -0.410 e. The van der Waals surface area contributed by atoms with Gasteiger partial charge in [-0.05, 0) is 42.0 Å². The first-order chi connectivity index (χ1) is 12.7. The number of carbonyl (C=O) groups excluding carboxylic acids is 1. The van der Waals surface area contributed by atoms with E-state index in [0.717, 1.165) is 66.5 Å². The lowest BCUT2D eigenvalue weighted by atomic mass is 10.0. The number of oxime groups is 1. The lowest BCUT2D eigenvalue weighted by molar-refractivity contribution is -0.117. The fourth-order valence-electron chi connectivity index (χ4n) is 3.35. The Bertz CT molecular complexity index is 840. The van der Waals surface area contributed by atoms with Crippen molar-refractivity contribution in [2.45, 2.75) is 25.7 Å². The van der Waals surface area contributed by atoms with Gasteiger partial charge in [-0.15, -0.1) is 0 Å². The van der Waals surface area contributed by atoms with E-state index in [-0.39, 0.29) is 0 Å². The third kappa shape index (κ3) is 3.85. The molecule has 0 unspecified atom stereocenters. The summed E-state index contributed by atoms with van der Waals surface area (Å²) in [7, 11) is 1.81. The largest absolute Gasteiger partial charge is 0.410 e. The molecule has 2 aromatic rings. The van der Waals surface area contributed by atoms with Gasteiger partial charge in [0, 0.05) is 24.7 Å². The maximum Gasteiger partial charge on any atom is 0.209 e. The average Bonchev–Trinajstić information content (AvgIpc) is 2.99. The highest BCUT2D eigenvalue weighted by molar-refractivity contribution is 6.24. The van der Waals surface area contributed by atoms with Crippen molar-refractivity contribution in [3.8, 4) is 11.1 Å². The van der Waals surface area contributed by atoms with Crippen LogP contribution in [0.15, 0.2) is 53.7 Å². The van der Waals surface area contributed by atoms with Crippen molar-refractivity contribution < 1.29 is 10.0 Å². The highest BCUT2D eigenvalue weighted by Gasteiger charge is 2.24. The number of rotatable bonds is 8. The summed E-state index contributed by atoms with van der Waals surface area (Å²) in [5.74, 6) is 0. The molecule has 0 aromatic heterocycles. The molecule has 134 valence electrons. The Morgan fingerprint density at radius 3 is 2.54 bits per heavy atom. The van der Waals surface area contributed by atoms with E-state index in [9.17, 15) is 10.0 Å². The van der Waals surface area contributed by atoms with Gasteiger partial charge in [-0.1, -0.05) is 60.1 Å². The quantitative estimate of drug-likeness (QED) is 0.281. The molecule has 2 aromatic carbocycles. The summed E-state index contributed by atoms with van der Waals surface area (Å²) in [5.41, 5.74) is 5.94. The van der Waals surface area contributed by atoms with Crippen LogP contribution in [-0.4, -0.2) is 35.8 Å². The van der Waals surface area contributed by atoms with Crippen molar-refractivity contribution in [1.29, 1.82) is 0 Å². The zero-order valence-electron chi connectivity index (χ0n) is 15.1. The van der Waals surface area contributed by atoms with Gasteiger partial charge in [-0.2, -0.15) is 0 Å². The number of hydrogen-bond donors (Lipinski definition) is 1. The van der Waals surface area contributed by atoms with E-state index in [1.165, 1.54) is 0 Å². The van der Waals surface area contributed by atoms with E-state index in [1.54, 1.807) is 4.90 Å². The van der Waals surface area contributed by atoms with Gasteiger partial charge in [-0.25, -0.2) is 0 Å². The molecule has 0 heterocycles. The second-order valence-electron chi connectivity index (χ2n) is 6.64. The van der Waals surface area contributed by atoms with E-state index >= 15 is 0 Å². The Morgan fingerprint density at radius 2 is 1.77 bits per heavy atom. The van der Waals surface area contributed by atoms with Crippen LogP contribution >= 0.6 is 0 Å². The van der Waals surface area contributed by atoms with Crippen molar-refractivity contribution in [1.82, 2.24) is 4.90 Å². The molecule has 4 heteroatoms. The number of unbranched alkanes of at least 4 members (excludes halogenated alkanes) is 3. The average molecular weight is 348 g/mol. The molecular formula is C22H24N2O2. The predicted molar refractivity (Wildman–Crippen MR) is 105 cm³/mol. The first kappa shape index (κ1) is 17.9. The second-order valence-corrected chi connectivity index (χ2v) is 6.64. The summed E-state index contributed by atoms with van der Waals surface area (Å²) in [5, 5.41) is 13.0. The number of hydrogen-bond acceptors (Lipinski definition) is 3. The Hall–Kier alpha value is -2.88. The van der Waals surface area contributed by atoms with Gasteiger partial charge < -0.3 is 10.1 Å². The zero-order chi connectivity index (χ0) is 18.4. The zero-order valence-corrected chi connectivity index (χ0v) is 15.1. The Kier molecular flexibility index (Phi) is 5.84. The van der Waals surface area contributed by atoms with Crippen molar-refractivity contribution in [2.75, 3.05) is 13.6 Å². The molecule has 1 N–H and O–H groups in total. The molecule has 1 aliphatic carbocycles. The highest BCUT2D eigenvalue weighted by atomic mass is 16.4. The number of benzene rings is 2. The van der Waals surface area contributed by atoms with Crippen molar-refractivity contribution in [3.63, 3.8) is 0 Å². The maximum atomic E-state index is 10.5. The summed E-state index contributed by atoms with van der Waals surface area (Å²) in [4.78, 5) is 12.2. The monoisotopic (exact) mass is 348 g/mol. The van der Waals surface area contributed by atoms with Crippen LogP contribution in [-0.2, 0) is 4.79 Å². The van der Waals surface area contributed by atoms with E-state index in [4.69, 9.17) is 0 Å². The summed E-state index contributed by atoms with van der Waals surface area (Å²) >= 11 is 0. The molecule has 26 heavy (non-hydrogen) atoms. The molecule has 0 saturated carbocycles. The molecule has 3 rings (SSSR count). The number of allylic oxidation sites excluding steroid dienone is 1. The van der Waals surface area contributed by atoms with E-state index in [0.29, 0.717) is 5.71 Å². The summed E-state index contributed by atoms with van der Waals surface area (Å²) < 4.78 is 0.